The molecule has 0 aromatic carbocycles. The molecule has 116 valence electrons. The molecule has 1 aliphatic rings. The Kier molecular flexibility index (Phi) is 7.41. The zero-order valence-corrected chi connectivity index (χ0v) is 12.6. The van der Waals surface area contributed by atoms with E-state index < -0.39 is 18.1 Å². The Morgan fingerprint density at radius 1 is 1.30 bits per heavy atom. The maximum Gasteiger partial charge on any atom is 0.410 e. The third-order valence-corrected chi connectivity index (χ3v) is 4.05. The van der Waals surface area contributed by atoms with E-state index in [1.807, 2.05) is 6.92 Å². The first kappa shape index (κ1) is 16.8. The van der Waals surface area contributed by atoms with Crippen LogP contribution in [-0.2, 0) is 9.53 Å². The van der Waals surface area contributed by atoms with Gasteiger partial charge < -0.3 is 9.84 Å². The van der Waals surface area contributed by atoms with Gasteiger partial charge in [-0.2, -0.15) is 0 Å². The minimum atomic E-state index is -0.939. The van der Waals surface area contributed by atoms with Crippen molar-refractivity contribution in [3.05, 3.63) is 0 Å². The van der Waals surface area contributed by atoms with E-state index in [9.17, 15) is 14.7 Å². The highest BCUT2D eigenvalue weighted by atomic mass is 16.6. The number of unbranched alkanes of at least 4 members (excludes halogenated alkanes) is 1. The van der Waals surface area contributed by atoms with Crippen LogP contribution in [0.1, 0.15) is 58.3 Å². The van der Waals surface area contributed by atoms with E-state index in [2.05, 4.69) is 0 Å². The molecule has 1 amide bonds. The zero-order chi connectivity index (χ0) is 15.0. The van der Waals surface area contributed by atoms with E-state index >= 15 is 0 Å². The van der Waals surface area contributed by atoms with E-state index in [4.69, 9.17) is 4.74 Å². The number of carbonyl (C=O) groups excluding carboxylic acids is 1. The summed E-state index contributed by atoms with van der Waals surface area (Å²) in [7, 11) is 1.52. The summed E-state index contributed by atoms with van der Waals surface area (Å²) in [6.45, 7) is 2.37. The van der Waals surface area contributed by atoms with Gasteiger partial charge in [0.1, 0.15) is 6.04 Å². The van der Waals surface area contributed by atoms with Gasteiger partial charge in [0.05, 0.1) is 6.61 Å². The van der Waals surface area contributed by atoms with Gasteiger partial charge in [-0.25, -0.2) is 9.59 Å². The molecule has 1 aliphatic carbocycles. The minimum absolute atomic E-state index is 0.357. The molecule has 20 heavy (non-hydrogen) atoms. The Bertz CT molecular complexity index is 313. The number of nitrogens with zero attached hydrogens (tertiary/aromatic N) is 1. The first-order chi connectivity index (χ1) is 9.56. The van der Waals surface area contributed by atoms with Crippen LogP contribution in [0.3, 0.4) is 0 Å². The number of hydrogen-bond donors (Lipinski definition) is 1. The van der Waals surface area contributed by atoms with Crippen LogP contribution in [0, 0.1) is 5.92 Å². The fourth-order valence-electron chi connectivity index (χ4n) is 2.70. The van der Waals surface area contributed by atoms with Crippen molar-refractivity contribution in [1.82, 2.24) is 4.90 Å². The summed E-state index contributed by atoms with van der Waals surface area (Å²) in [5, 5.41) is 9.35. The number of rotatable bonds is 7. The van der Waals surface area contributed by atoms with Crippen LogP contribution < -0.4 is 0 Å². The number of carbonyl (C=O) groups is 2. The number of hydrogen-bond acceptors (Lipinski definition) is 3. The van der Waals surface area contributed by atoms with E-state index in [0.717, 1.165) is 25.7 Å². The quantitative estimate of drug-likeness (QED) is 0.729. The number of aliphatic carboxylic acids is 1. The van der Waals surface area contributed by atoms with Crippen LogP contribution in [0.2, 0.25) is 0 Å². The number of likely N-dealkylation sites (N-methyl/N-ethyl adjacent to an activating group) is 1. The second-order valence-electron chi connectivity index (χ2n) is 5.67. The highest BCUT2D eigenvalue weighted by molar-refractivity contribution is 5.79. The Hall–Kier alpha value is -1.26. The normalized spacial score (nSPS) is 17.5. The van der Waals surface area contributed by atoms with E-state index in [1.54, 1.807) is 0 Å². The molecule has 1 rings (SSSR count). The van der Waals surface area contributed by atoms with Gasteiger partial charge in [-0.3, -0.25) is 4.90 Å². The molecule has 0 saturated heterocycles. The van der Waals surface area contributed by atoms with Crippen LogP contribution >= 0.6 is 0 Å². The Labute approximate surface area is 121 Å². The SMILES string of the molecule is CCCCOC(=O)N(C)[C@@H](CC1CCCCC1)C(=O)O. The minimum Gasteiger partial charge on any atom is -0.480 e. The van der Waals surface area contributed by atoms with Gasteiger partial charge >= 0.3 is 12.1 Å². The summed E-state index contributed by atoms with van der Waals surface area (Å²) in [5.41, 5.74) is 0. The van der Waals surface area contributed by atoms with Crippen molar-refractivity contribution in [2.45, 2.75) is 64.3 Å². The van der Waals surface area contributed by atoms with Crippen LogP contribution in [0.15, 0.2) is 0 Å². The molecule has 0 aromatic rings. The lowest BCUT2D eigenvalue weighted by Crippen LogP contribution is -2.44. The van der Waals surface area contributed by atoms with Gasteiger partial charge in [-0.1, -0.05) is 45.4 Å². The molecule has 0 aliphatic heterocycles. The number of carboxylic acid groups (broad SMARTS) is 1. The lowest BCUT2D eigenvalue weighted by molar-refractivity contribution is -0.143. The predicted molar refractivity (Wildman–Crippen MR) is 76.6 cm³/mol. The third kappa shape index (κ3) is 5.39. The first-order valence-electron chi connectivity index (χ1n) is 7.68. The van der Waals surface area contributed by atoms with Crippen LogP contribution in [0.5, 0.6) is 0 Å². The van der Waals surface area contributed by atoms with Gasteiger partial charge in [-0.05, 0) is 18.8 Å². The van der Waals surface area contributed by atoms with E-state index in [1.165, 1.54) is 31.2 Å². The summed E-state index contributed by atoms with van der Waals surface area (Å²) in [5.74, 6) is -0.527. The second kappa shape index (κ2) is 8.82. The molecule has 1 saturated carbocycles. The summed E-state index contributed by atoms with van der Waals surface area (Å²) < 4.78 is 5.09. The molecule has 0 aromatic heterocycles. The summed E-state index contributed by atoms with van der Waals surface area (Å²) in [6.07, 6.45) is 7.48. The van der Waals surface area contributed by atoms with Crippen molar-refractivity contribution in [3.8, 4) is 0 Å². The van der Waals surface area contributed by atoms with Crippen molar-refractivity contribution in [2.24, 2.45) is 5.92 Å². The molecular weight excluding hydrogens is 258 g/mol. The first-order valence-corrected chi connectivity index (χ1v) is 7.68. The van der Waals surface area contributed by atoms with Gasteiger partial charge in [-0.15, -0.1) is 0 Å². The van der Waals surface area contributed by atoms with Gasteiger partial charge in [0.2, 0.25) is 0 Å². The fraction of sp³-hybridized carbons (Fsp3) is 0.867. The maximum absolute atomic E-state index is 11.8. The molecule has 0 bridgehead atoms. The smallest absolute Gasteiger partial charge is 0.410 e. The van der Waals surface area contributed by atoms with Crippen molar-refractivity contribution < 1.29 is 19.4 Å². The molecule has 5 nitrogen and oxygen atoms in total. The summed E-state index contributed by atoms with van der Waals surface area (Å²) in [4.78, 5) is 24.5. The average molecular weight is 285 g/mol. The molecule has 1 fully saturated rings. The topological polar surface area (TPSA) is 66.8 Å². The molecule has 0 spiro atoms. The van der Waals surface area contributed by atoms with Gasteiger partial charge in [0, 0.05) is 7.05 Å². The second-order valence-corrected chi connectivity index (χ2v) is 5.67. The molecule has 0 unspecified atom stereocenters. The Morgan fingerprint density at radius 3 is 2.50 bits per heavy atom. The number of carboxylic acids is 1. The molecule has 1 N–H and O–H groups in total. The van der Waals surface area contributed by atoms with Crippen molar-refractivity contribution in [1.29, 1.82) is 0 Å². The molecule has 5 heteroatoms. The molecule has 1 atom stereocenters. The fourth-order valence-corrected chi connectivity index (χ4v) is 2.70. The van der Waals surface area contributed by atoms with Gasteiger partial charge in [0.25, 0.3) is 0 Å². The Morgan fingerprint density at radius 2 is 1.95 bits per heavy atom. The maximum atomic E-state index is 11.8. The van der Waals surface area contributed by atoms with Crippen molar-refractivity contribution in [3.63, 3.8) is 0 Å². The number of ether oxygens (including phenoxy) is 1. The largest absolute Gasteiger partial charge is 0.480 e. The Balaban J connectivity index is 2.50. The van der Waals surface area contributed by atoms with Crippen LogP contribution in [0.25, 0.3) is 0 Å². The standard InChI is InChI=1S/C15H27NO4/c1-3-4-10-20-15(19)16(2)13(14(17)18)11-12-8-6-5-7-9-12/h12-13H,3-11H2,1-2H3,(H,17,18)/t13-/m0/s1. The lowest BCUT2D eigenvalue weighted by Gasteiger charge is -2.29. The predicted octanol–water partition coefficient (Wildman–Crippen LogP) is 3.28. The third-order valence-electron chi connectivity index (χ3n) is 4.05. The molecule has 0 heterocycles. The number of amides is 1. The summed E-state index contributed by atoms with van der Waals surface area (Å²) >= 11 is 0. The highest BCUT2D eigenvalue weighted by Gasteiger charge is 2.30. The molecule has 0 radical (unpaired) electrons. The van der Waals surface area contributed by atoms with Crippen molar-refractivity contribution in [2.75, 3.05) is 13.7 Å². The zero-order valence-electron chi connectivity index (χ0n) is 12.6. The molecular formula is C15H27NO4. The monoisotopic (exact) mass is 285 g/mol. The van der Waals surface area contributed by atoms with E-state index in [0.29, 0.717) is 18.9 Å². The van der Waals surface area contributed by atoms with Crippen LogP contribution in [0.4, 0.5) is 4.79 Å². The van der Waals surface area contributed by atoms with Gasteiger partial charge in [0.15, 0.2) is 0 Å². The van der Waals surface area contributed by atoms with Crippen molar-refractivity contribution >= 4 is 12.1 Å². The van der Waals surface area contributed by atoms with E-state index in [-0.39, 0.29) is 0 Å². The summed E-state index contributed by atoms with van der Waals surface area (Å²) in [6, 6.07) is -0.771. The van der Waals surface area contributed by atoms with Crippen LogP contribution in [-0.4, -0.2) is 41.8 Å². The highest BCUT2D eigenvalue weighted by Crippen LogP contribution is 2.28. The lowest BCUT2D eigenvalue weighted by atomic mass is 9.84. The average Bonchev–Trinajstić information content (AvgIpc) is 2.45.